The van der Waals surface area contributed by atoms with E-state index >= 15 is 0 Å². The molecule has 1 aromatic heterocycles. The predicted molar refractivity (Wildman–Crippen MR) is 106 cm³/mol. The number of thioether (sulfide) groups is 1. The van der Waals surface area contributed by atoms with Crippen LogP contribution in [0.4, 0.5) is 5.69 Å². The molecular formula is C19H21N5O2S. The number of anilines is 1. The third-order valence-electron chi connectivity index (χ3n) is 3.96. The summed E-state index contributed by atoms with van der Waals surface area (Å²) < 4.78 is 6.87. The van der Waals surface area contributed by atoms with Gasteiger partial charge in [0.1, 0.15) is 5.75 Å². The first kappa shape index (κ1) is 18.9. The van der Waals surface area contributed by atoms with Crippen LogP contribution in [0.3, 0.4) is 0 Å². The highest BCUT2D eigenvalue weighted by atomic mass is 32.2. The molecular weight excluding hydrogens is 362 g/mol. The molecule has 0 aliphatic heterocycles. The molecule has 0 fully saturated rings. The second-order valence-electron chi connectivity index (χ2n) is 6.16. The summed E-state index contributed by atoms with van der Waals surface area (Å²) in [5, 5.41) is 15.2. The fourth-order valence-electron chi connectivity index (χ4n) is 2.50. The topological polar surface area (TPSA) is 81.9 Å². The van der Waals surface area contributed by atoms with E-state index in [0.29, 0.717) is 22.5 Å². The van der Waals surface area contributed by atoms with Crippen molar-refractivity contribution in [3.8, 4) is 11.4 Å². The van der Waals surface area contributed by atoms with Crippen LogP contribution in [0, 0.1) is 0 Å². The highest BCUT2D eigenvalue weighted by Gasteiger charge is 2.13. The summed E-state index contributed by atoms with van der Waals surface area (Å²) >= 11 is 1.27. The average molecular weight is 383 g/mol. The maximum atomic E-state index is 12.3. The van der Waals surface area contributed by atoms with Crippen LogP contribution in [-0.2, 0) is 4.79 Å². The van der Waals surface area contributed by atoms with Crippen molar-refractivity contribution in [1.82, 2.24) is 20.2 Å². The van der Waals surface area contributed by atoms with Gasteiger partial charge in [-0.25, -0.2) is 0 Å². The summed E-state index contributed by atoms with van der Waals surface area (Å²) in [7, 11) is 1.57. The maximum absolute atomic E-state index is 12.3. The van der Waals surface area contributed by atoms with E-state index in [4.69, 9.17) is 4.74 Å². The number of aromatic nitrogens is 4. The van der Waals surface area contributed by atoms with Gasteiger partial charge in [0.25, 0.3) is 0 Å². The third-order valence-corrected chi connectivity index (χ3v) is 4.88. The Bertz CT molecular complexity index is 908. The van der Waals surface area contributed by atoms with Gasteiger partial charge >= 0.3 is 0 Å². The number of methoxy groups -OCH3 is 1. The van der Waals surface area contributed by atoms with Crippen LogP contribution in [-0.4, -0.2) is 39.0 Å². The van der Waals surface area contributed by atoms with Gasteiger partial charge in [-0.2, -0.15) is 4.68 Å². The van der Waals surface area contributed by atoms with E-state index in [9.17, 15) is 4.79 Å². The Kier molecular flexibility index (Phi) is 6.08. The number of hydrogen-bond donors (Lipinski definition) is 1. The number of nitrogens with zero attached hydrogens (tertiary/aromatic N) is 4. The van der Waals surface area contributed by atoms with Crippen molar-refractivity contribution in [2.75, 3.05) is 18.2 Å². The van der Waals surface area contributed by atoms with Crippen molar-refractivity contribution in [3.05, 3.63) is 54.1 Å². The SMILES string of the molecule is COc1ccccc1NC(=O)CSc1nnnn1-c1ccc(C(C)C)cc1. The zero-order valence-electron chi connectivity index (χ0n) is 15.4. The quantitative estimate of drug-likeness (QED) is 0.629. The normalized spacial score (nSPS) is 10.8. The number of amides is 1. The zero-order valence-corrected chi connectivity index (χ0v) is 16.2. The number of benzene rings is 2. The number of para-hydroxylation sites is 2. The number of carbonyl (C=O) groups is 1. The first-order valence-corrected chi connectivity index (χ1v) is 9.51. The van der Waals surface area contributed by atoms with Crippen molar-refractivity contribution >= 4 is 23.4 Å². The molecule has 0 radical (unpaired) electrons. The van der Waals surface area contributed by atoms with E-state index < -0.39 is 0 Å². The second-order valence-corrected chi connectivity index (χ2v) is 7.10. The molecule has 0 aliphatic rings. The molecule has 0 spiro atoms. The largest absolute Gasteiger partial charge is 0.495 e. The van der Waals surface area contributed by atoms with E-state index in [1.165, 1.54) is 17.3 Å². The van der Waals surface area contributed by atoms with Gasteiger partial charge in [-0.05, 0) is 46.2 Å². The molecule has 0 bridgehead atoms. The van der Waals surface area contributed by atoms with E-state index in [1.807, 2.05) is 24.3 Å². The summed E-state index contributed by atoms with van der Waals surface area (Å²) in [5.74, 6) is 1.10. The number of rotatable bonds is 7. The molecule has 1 heterocycles. The van der Waals surface area contributed by atoms with Crippen LogP contribution >= 0.6 is 11.8 Å². The average Bonchev–Trinajstić information content (AvgIpc) is 3.15. The lowest BCUT2D eigenvalue weighted by Gasteiger charge is -2.10. The first-order chi connectivity index (χ1) is 13.1. The minimum absolute atomic E-state index is 0.158. The monoisotopic (exact) mass is 383 g/mol. The molecule has 2 aromatic carbocycles. The van der Waals surface area contributed by atoms with E-state index in [0.717, 1.165) is 5.69 Å². The molecule has 8 heteroatoms. The van der Waals surface area contributed by atoms with Gasteiger partial charge in [-0.3, -0.25) is 4.79 Å². The molecule has 0 saturated heterocycles. The van der Waals surface area contributed by atoms with Crippen molar-refractivity contribution in [1.29, 1.82) is 0 Å². The van der Waals surface area contributed by atoms with Crippen molar-refractivity contribution < 1.29 is 9.53 Å². The van der Waals surface area contributed by atoms with E-state index in [-0.39, 0.29) is 11.7 Å². The van der Waals surface area contributed by atoms with E-state index in [1.54, 1.807) is 23.9 Å². The number of ether oxygens (including phenoxy) is 1. The summed E-state index contributed by atoms with van der Waals surface area (Å²) in [6.07, 6.45) is 0. The highest BCUT2D eigenvalue weighted by Crippen LogP contribution is 2.24. The molecule has 0 atom stereocenters. The van der Waals surface area contributed by atoms with Gasteiger partial charge in [0.2, 0.25) is 11.1 Å². The molecule has 0 aliphatic carbocycles. The minimum Gasteiger partial charge on any atom is -0.495 e. The zero-order chi connectivity index (χ0) is 19.2. The van der Waals surface area contributed by atoms with Crippen LogP contribution in [0.25, 0.3) is 5.69 Å². The summed E-state index contributed by atoms with van der Waals surface area (Å²) in [5.41, 5.74) is 2.74. The second kappa shape index (κ2) is 8.68. The van der Waals surface area contributed by atoms with Crippen molar-refractivity contribution in [2.45, 2.75) is 24.9 Å². The lowest BCUT2D eigenvalue weighted by Crippen LogP contribution is -2.15. The van der Waals surface area contributed by atoms with Gasteiger partial charge in [0.05, 0.1) is 24.2 Å². The fraction of sp³-hybridized carbons (Fsp3) is 0.263. The summed E-state index contributed by atoms with van der Waals surface area (Å²) in [6, 6.07) is 15.4. The summed E-state index contributed by atoms with van der Waals surface area (Å²) in [4.78, 5) is 12.3. The minimum atomic E-state index is -0.158. The van der Waals surface area contributed by atoms with Gasteiger partial charge < -0.3 is 10.1 Å². The van der Waals surface area contributed by atoms with Crippen LogP contribution in [0.15, 0.2) is 53.7 Å². The molecule has 0 saturated carbocycles. The Morgan fingerprint density at radius 3 is 2.63 bits per heavy atom. The molecule has 140 valence electrons. The van der Waals surface area contributed by atoms with Crippen molar-refractivity contribution in [2.24, 2.45) is 0 Å². The van der Waals surface area contributed by atoms with Gasteiger partial charge in [0, 0.05) is 0 Å². The molecule has 1 amide bonds. The molecule has 1 N–H and O–H groups in total. The Labute approximate surface area is 162 Å². The number of hydrogen-bond acceptors (Lipinski definition) is 6. The van der Waals surface area contributed by atoms with Gasteiger partial charge in [0.15, 0.2) is 0 Å². The third kappa shape index (κ3) is 4.65. The van der Waals surface area contributed by atoms with Crippen LogP contribution < -0.4 is 10.1 Å². The van der Waals surface area contributed by atoms with Crippen LogP contribution in [0.1, 0.15) is 25.3 Å². The standard InChI is InChI=1S/C19H21N5O2S/c1-13(2)14-8-10-15(11-9-14)24-19(21-22-23-24)27-12-18(25)20-16-6-4-5-7-17(16)26-3/h4-11,13H,12H2,1-3H3,(H,20,25). The molecule has 27 heavy (non-hydrogen) atoms. The predicted octanol–water partition coefficient (Wildman–Crippen LogP) is 3.53. The molecule has 0 unspecified atom stereocenters. The maximum Gasteiger partial charge on any atom is 0.234 e. The number of tetrazole rings is 1. The number of nitrogens with one attached hydrogen (secondary N) is 1. The lowest BCUT2D eigenvalue weighted by molar-refractivity contribution is -0.113. The van der Waals surface area contributed by atoms with E-state index in [2.05, 4.69) is 46.8 Å². The Hall–Kier alpha value is -2.87. The van der Waals surface area contributed by atoms with Crippen LogP contribution in [0.5, 0.6) is 5.75 Å². The van der Waals surface area contributed by atoms with Gasteiger partial charge in [-0.15, -0.1) is 5.10 Å². The van der Waals surface area contributed by atoms with Crippen molar-refractivity contribution in [3.63, 3.8) is 0 Å². The fourth-order valence-corrected chi connectivity index (χ4v) is 3.19. The Morgan fingerprint density at radius 1 is 1.19 bits per heavy atom. The molecule has 3 aromatic rings. The number of carbonyl (C=O) groups excluding carboxylic acids is 1. The smallest absolute Gasteiger partial charge is 0.234 e. The first-order valence-electron chi connectivity index (χ1n) is 8.53. The van der Waals surface area contributed by atoms with Crippen LogP contribution in [0.2, 0.25) is 0 Å². The Balaban J connectivity index is 1.65. The Morgan fingerprint density at radius 2 is 1.93 bits per heavy atom. The highest BCUT2D eigenvalue weighted by molar-refractivity contribution is 7.99. The summed E-state index contributed by atoms with van der Waals surface area (Å²) in [6.45, 7) is 4.29. The molecule has 7 nitrogen and oxygen atoms in total. The van der Waals surface area contributed by atoms with Gasteiger partial charge in [-0.1, -0.05) is 49.9 Å². The lowest BCUT2D eigenvalue weighted by atomic mass is 10.0. The molecule has 3 rings (SSSR count).